The van der Waals surface area contributed by atoms with Crippen LogP contribution in [0.2, 0.25) is 0 Å². The second-order valence-electron chi connectivity index (χ2n) is 12.1. The number of amides is 2. The summed E-state index contributed by atoms with van der Waals surface area (Å²) in [4.78, 5) is 55.3. The summed E-state index contributed by atoms with van der Waals surface area (Å²) in [6, 6.07) is 0.704. The van der Waals surface area contributed by atoms with Crippen LogP contribution in [0.5, 0.6) is 5.75 Å². The number of hydrogen-bond donors (Lipinski definition) is 7. The Morgan fingerprint density at radius 1 is 1.12 bits per heavy atom. The lowest BCUT2D eigenvalue weighted by Gasteiger charge is -2.50. The second kappa shape index (κ2) is 11.5. The van der Waals surface area contributed by atoms with E-state index in [2.05, 4.69) is 10.6 Å². The number of carbonyl (C=O) groups excluding carboxylic acids is 4. The third-order valence-electron chi connectivity index (χ3n) is 9.11. The highest BCUT2D eigenvalue weighted by atomic mass is 35.5. The number of fused-ring (bicyclic) bond motifs is 3. The molecule has 2 saturated carbocycles. The van der Waals surface area contributed by atoms with Crippen molar-refractivity contribution in [2.24, 2.45) is 17.6 Å². The lowest BCUT2D eigenvalue weighted by molar-refractivity contribution is -0.153. The van der Waals surface area contributed by atoms with E-state index in [9.17, 15) is 39.6 Å². The Bertz CT molecular complexity index is 1470. The van der Waals surface area contributed by atoms with Crippen molar-refractivity contribution in [2.45, 2.75) is 49.8 Å². The Labute approximate surface area is 254 Å². The number of Topliss-reactive ketones (excluding diaryl/α,β-unsaturated/α-hetero) is 2. The number of rotatable bonds is 7. The van der Waals surface area contributed by atoms with E-state index in [0.717, 1.165) is 19.3 Å². The van der Waals surface area contributed by atoms with Crippen LogP contribution >= 0.6 is 12.4 Å². The van der Waals surface area contributed by atoms with Crippen molar-refractivity contribution in [3.8, 4) is 5.75 Å². The first-order chi connectivity index (χ1) is 19.7. The molecule has 0 aliphatic heterocycles. The number of aliphatic hydroxyl groups is 3. The molecule has 1 aromatic rings. The van der Waals surface area contributed by atoms with E-state index < -0.39 is 69.7 Å². The van der Waals surface area contributed by atoms with E-state index >= 15 is 0 Å². The van der Waals surface area contributed by atoms with E-state index in [4.69, 9.17) is 5.73 Å². The maximum Gasteiger partial charge on any atom is 0.255 e. The van der Waals surface area contributed by atoms with Gasteiger partial charge >= 0.3 is 0 Å². The first-order valence-corrected chi connectivity index (χ1v) is 13.9. The minimum atomic E-state index is -2.72. The first-order valence-electron chi connectivity index (χ1n) is 13.9. The Hall–Kier alpha value is -3.65. The van der Waals surface area contributed by atoms with Crippen LogP contribution in [0.1, 0.15) is 36.8 Å². The highest BCUT2D eigenvalue weighted by Crippen LogP contribution is 2.54. The summed E-state index contributed by atoms with van der Waals surface area (Å²) in [6.45, 7) is 0.0279. The van der Waals surface area contributed by atoms with Crippen LogP contribution in [0.4, 0.5) is 11.4 Å². The molecule has 0 saturated heterocycles. The molecule has 4 aliphatic carbocycles. The molecule has 13 nitrogen and oxygen atoms in total. The van der Waals surface area contributed by atoms with Crippen molar-refractivity contribution in [3.05, 3.63) is 34.1 Å². The van der Waals surface area contributed by atoms with E-state index in [0.29, 0.717) is 11.3 Å². The maximum absolute atomic E-state index is 14.1. The summed E-state index contributed by atoms with van der Waals surface area (Å²) in [5.74, 6) is -7.66. The molecular weight excluding hydrogens is 582 g/mol. The number of likely N-dealkylation sites (N-methyl/N-ethyl adjacent to an activating group) is 1. The minimum absolute atomic E-state index is 0. The number of ketones is 2. The average Bonchev–Trinajstić information content (AvgIpc) is 2.86. The van der Waals surface area contributed by atoms with Crippen LogP contribution in [-0.2, 0) is 25.6 Å². The van der Waals surface area contributed by atoms with Gasteiger partial charge in [-0.2, -0.15) is 0 Å². The molecule has 0 bridgehead atoms. The van der Waals surface area contributed by atoms with Gasteiger partial charge in [-0.3, -0.25) is 24.1 Å². The van der Waals surface area contributed by atoms with Crippen molar-refractivity contribution >= 4 is 52.9 Å². The molecule has 3 unspecified atom stereocenters. The zero-order valence-electron chi connectivity index (χ0n) is 24.4. The number of benzene rings is 1. The molecule has 8 N–H and O–H groups in total. The number of primary amides is 1. The molecule has 0 radical (unpaired) electrons. The Morgan fingerprint density at radius 3 is 2.30 bits per heavy atom. The number of phenols is 1. The normalized spacial score (nSPS) is 26.7. The molecule has 4 aliphatic rings. The van der Waals surface area contributed by atoms with Crippen molar-refractivity contribution < 1.29 is 39.6 Å². The summed E-state index contributed by atoms with van der Waals surface area (Å²) >= 11 is 0. The lowest BCUT2D eigenvalue weighted by atomic mass is 9.57. The largest absolute Gasteiger partial charge is 0.508 e. The summed E-state index contributed by atoms with van der Waals surface area (Å²) < 4.78 is 0. The smallest absolute Gasteiger partial charge is 0.255 e. The number of halogens is 1. The number of carbonyl (C=O) groups is 4. The summed E-state index contributed by atoms with van der Waals surface area (Å²) in [6.07, 6.45) is 3.21. The van der Waals surface area contributed by atoms with Crippen LogP contribution < -0.4 is 21.3 Å². The SMILES string of the molecule is CN(C)c1cc(NC(=O)CNC2CCC2)c(O)c2c1CC1CC3[C@H](N(C)C)C(=O)C(C(N)=O)=C(O)C3(O)C(=O)C1=C2O.Cl. The van der Waals surface area contributed by atoms with Crippen LogP contribution in [0.3, 0.4) is 0 Å². The van der Waals surface area contributed by atoms with Gasteiger partial charge < -0.3 is 41.7 Å². The molecule has 43 heavy (non-hydrogen) atoms. The average molecular weight is 620 g/mol. The van der Waals surface area contributed by atoms with Gasteiger partial charge in [0.05, 0.1) is 23.8 Å². The number of nitrogens with two attached hydrogens (primary N) is 1. The first kappa shape index (κ1) is 32.3. The summed E-state index contributed by atoms with van der Waals surface area (Å²) in [5.41, 5.74) is 2.56. The van der Waals surface area contributed by atoms with Crippen LogP contribution in [-0.4, -0.2) is 101 Å². The zero-order chi connectivity index (χ0) is 30.8. The highest BCUT2D eigenvalue weighted by molar-refractivity contribution is 6.24. The molecular formula is C29H38ClN5O8. The molecule has 2 fully saturated rings. The maximum atomic E-state index is 14.1. The van der Waals surface area contributed by atoms with Crippen LogP contribution in [0.25, 0.3) is 5.76 Å². The van der Waals surface area contributed by atoms with Crippen LogP contribution in [0.15, 0.2) is 23.0 Å². The quantitative estimate of drug-likeness (QED) is 0.165. The Balaban J connectivity index is 0.00000423. The predicted octanol–water partition coefficient (Wildman–Crippen LogP) is 0.532. The third-order valence-corrected chi connectivity index (χ3v) is 9.11. The number of phenolic OH excluding ortho intramolecular Hbond substituents is 1. The Kier molecular flexibility index (Phi) is 8.59. The van der Waals surface area contributed by atoms with Crippen LogP contribution in [0, 0.1) is 11.8 Å². The number of hydrogen-bond acceptors (Lipinski definition) is 11. The fraction of sp³-hybridized carbons (Fsp3) is 0.517. The molecule has 0 spiro atoms. The monoisotopic (exact) mass is 619 g/mol. The van der Waals surface area contributed by atoms with Gasteiger partial charge in [0.25, 0.3) is 5.91 Å². The van der Waals surface area contributed by atoms with Gasteiger partial charge in [0.15, 0.2) is 11.4 Å². The topological polar surface area (TPSA) is 206 Å². The molecule has 5 rings (SSSR count). The lowest BCUT2D eigenvalue weighted by Crippen LogP contribution is -2.65. The molecule has 234 valence electrons. The number of anilines is 2. The third kappa shape index (κ3) is 4.93. The van der Waals surface area contributed by atoms with E-state index in [1.54, 1.807) is 39.2 Å². The number of aliphatic hydroxyl groups excluding tert-OH is 2. The standard InChI is InChI=1S/C29H37N5O8.ClH/c1-33(2)17-10-16(32-18(35)11-31-13-6-5-7-13)23(36)20-14(17)8-12-9-15-22(34(3)4)25(38)21(28(30)41)27(40)29(15,42)26(39)19(12)24(20)37;/h10,12-13,15,22,31,36-37,40,42H,5-9,11H2,1-4H3,(H2,30,41)(H,32,35);1H/t12?,15?,22-,29?;/m0./s1. The molecule has 1 aromatic carbocycles. The van der Waals surface area contributed by atoms with E-state index in [-0.39, 0.29) is 54.7 Å². The minimum Gasteiger partial charge on any atom is -0.508 e. The molecule has 2 amide bonds. The van der Waals surface area contributed by atoms with Gasteiger partial charge in [-0.15, -0.1) is 12.4 Å². The van der Waals surface area contributed by atoms with Gasteiger partial charge in [-0.1, -0.05) is 6.42 Å². The zero-order valence-corrected chi connectivity index (χ0v) is 25.2. The van der Waals surface area contributed by atoms with Gasteiger partial charge in [-0.05, 0) is 57.3 Å². The van der Waals surface area contributed by atoms with Gasteiger partial charge in [0.1, 0.15) is 22.8 Å². The predicted molar refractivity (Wildman–Crippen MR) is 160 cm³/mol. The molecule has 0 aromatic heterocycles. The number of nitrogens with one attached hydrogen (secondary N) is 2. The van der Waals surface area contributed by atoms with Crippen molar-refractivity contribution in [3.63, 3.8) is 0 Å². The van der Waals surface area contributed by atoms with Crippen molar-refractivity contribution in [1.29, 1.82) is 0 Å². The Morgan fingerprint density at radius 2 is 1.77 bits per heavy atom. The second-order valence-corrected chi connectivity index (χ2v) is 12.1. The van der Waals surface area contributed by atoms with E-state index in [1.807, 2.05) is 0 Å². The molecule has 4 atom stereocenters. The number of aromatic hydroxyl groups is 1. The van der Waals surface area contributed by atoms with Gasteiger partial charge in [0, 0.05) is 37.3 Å². The van der Waals surface area contributed by atoms with Crippen molar-refractivity contribution in [1.82, 2.24) is 10.2 Å². The number of nitrogens with zero attached hydrogens (tertiary/aromatic N) is 2. The molecule has 14 heteroatoms. The summed E-state index contributed by atoms with van der Waals surface area (Å²) in [5, 5.41) is 51.4. The van der Waals surface area contributed by atoms with E-state index in [1.165, 1.54) is 4.90 Å². The van der Waals surface area contributed by atoms with Gasteiger partial charge in [-0.25, -0.2) is 0 Å². The fourth-order valence-electron chi connectivity index (χ4n) is 6.83. The fourth-order valence-corrected chi connectivity index (χ4v) is 6.83. The van der Waals surface area contributed by atoms with Crippen molar-refractivity contribution in [2.75, 3.05) is 45.0 Å². The molecule has 0 heterocycles. The summed E-state index contributed by atoms with van der Waals surface area (Å²) in [7, 11) is 6.61. The highest BCUT2D eigenvalue weighted by Gasteiger charge is 2.64. The van der Waals surface area contributed by atoms with Gasteiger partial charge in [0.2, 0.25) is 11.7 Å².